The molecule has 0 aliphatic carbocycles. The van der Waals surface area contributed by atoms with Gasteiger partial charge in [-0.3, -0.25) is 0 Å². The first-order chi connectivity index (χ1) is 8.10. The molecule has 1 atom stereocenters. The summed E-state index contributed by atoms with van der Waals surface area (Å²) in [6, 6.07) is 0.541. The van der Waals surface area contributed by atoms with Gasteiger partial charge in [0.25, 0.3) is 0 Å². The topological polar surface area (TPSA) is 39.1 Å². The largest absolute Gasteiger partial charge is 0.481 e. The van der Waals surface area contributed by atoms with Crippen LogP contribution in [0.4, 0.5) is 0 Å². The Hall–Kier alpha value is -1.03. The van der Waals surface area contributed by atoms with Crippen LogP contribution in [0.15, 0.2) is 0 Å². The number of hydrogen-bond donors (Lipinski definition) is 1. The van der Waals surface area contributed by atoms with Crippen LogP contribution in [-0.4, -0.2) is 22.9 Å². The standard InChI is InChI=1S/C13H25N3O/c1-6-7-8-10(2)14-9-12-11(3)15-16(4)13(12)17-5/h10,14H,6-9H2,1-5H3. The molecule has 0 radical (unpaired) electrons. The maximum absolute atomic E-state index is 5.37. The fourth-order valence-corrected chi connectivity index (χ4v) is 2.03. The third-order valence-electron chi connectivity index (χ3n) is 3.10. The second kappa shape index (κ2) is 6.64. The van der Waals surface area contributed by atoms with Crippen molar-refractivity contribution in [3.05, 3.63) is 11.3 Å². The maximum Gasteiger partial charge on any atom is 0.216 e. The molecule has 0 saturated carbocycles. The van der Waals surface area contributed by atoms with Crippen molar-refractivity contribution < 1.29 is 4.74 Å². The summed E-state index contributed by atoms with van der Waals surface area (Å²) in [5.74, 6) is 0.859. The molecule has 0 spiro atoms. The van der Waals surface area contributed by atoms with Gasteiger partial charge in [0, 0.05) is 19.6 Å². The molecular weight excluding hydrogens is 214 g/mol. The number of rotatable bonds is 7. The van der Waals surface area contributed by atoms with Crippen molar-refractivity contribution in [1.29, 1.82) is 0 Å². The molecule has 4 heteroatoms. The molecule has 1 N–H and O–H groups in total. The summed E-state index contributed by atoms with van der Waals surface area (Å²) in [5, 5.41) is 7.90. The third kappa shape index (κ3) is 3.73. The molecule has 17 heavy (non-hydrogen) atoms. The number of nitrogens with one attached hydrogen (secondary N) is 1. The van der Waals surface area contributed by atoms with Gasteiger partial charge in [0.15, 0.2) is 0 Å². The van der Waals surface area contributed by atoms with Crippen LogP contribution in [0.25, 0.3) is 0 Å². The molecule has 1 unspecified atom stereocenters. The van der Waals surface area contributed by atoms with Gasteiger partial charge in [-0.05, 0) is 20.3 Å². The maximum atomic E-state index is 5.37. The van der Waals surface area contributed by atoms with Gasteiger partial charge in [0.05, 0.1) is 18.4 Å². The first-order valence-corrected chi connectivity index (χ1v) is 6.40. The summed E-state index contributed by atoms with van der Waals surface area (Å²) < 4.78 is 7.17. The zero-order valence-corrected chi connectivity index (χ0v) is 11.7. The van der Waals surface area contributed by atoms with E-state index < -0.39 is 0 Å². The Bertz CT molecular complexity index is 347. The number of methoxy groups -OCH3 is 1. The van der Waals surface area contributed by atoms with E-state index in [-0.39, 0.29) is 0 Å². The van der Waals surface area contributed by atoms with E-state index in [0.717, 1.165) is 18.1 Å². The Morgan fingerprint density at radius 3 is 2.76 bits per heavy atom. The lowest BCUT2D eigenvalue weighted by molar-refractivity contribution is 0.366. The lowest BCUT2D eigenvalue weighted by atomic mass is 10.1. The molecule has 1 aromatic rings. The van der Waals surface area contributed by atoms with Gasteiger partial charge < -0.3 is 10.1 Å². The number of unbranched alkanes of at least 4 members (excludes halogenated alkanes) is 1. The first kappa shape index (κ1) is 14.0. The monoisotopic (exact) mass is 239 g/mol. The number of ether oxygens (including phenoxy) is 1. The highest BCUT2D eigenvalue weighted by atomic mass is 16.5. The quantitative estimate of drug-likeness (QED) is 0.794. The van der Waals surface area contributed by atoms with Gasteiger partial charge in [-0.2, -0.15) is 5.10 Å². The predicted molar refractivity (Wildman–Crippen MR) is 70.3 cm³/mol. The Labute approximate surface area is 104 Å². The van der Waals surface area contributed by atoms with E-state index >= 15 is 0 Å². The van der Waals surface area contributed by atoms with Gasteiger partial charge in [-0.25, -0.2) is 4.68 Å². The van der Waals surface area contributed by atoms with Crippen LogP contribution < -0.4 is 10.1 Å². The number of aryl methyl sites for hydroxylation is 2. The van der Waals surface area contributed by atoms with Crippen LogP contribution in [-0.2, 0) is 13.6 Å². The van der Waals surface area contributed by atoms with Gasteiger partial charge in [-0.1, -0.05) is 19.8 Å². The van der Waals surface area contributed by atoms with Crippen LogP contribution in [0.1, 0.15) is 44.4 Å². The van der Waals surface area contributed by atoms with Crippen molar-refractivity contribution in [2.75, 3.05) is 7.11 Å². The minimum atomic E-state index is 0.541. The van der Waals surface area contributed by atoms with Crippen molar-refractivity contribution in [3.8, 4) is 5.88 Å². The molecule has 0 bridgehead atoms. The highest BCUT2D eigenvalue weighted by molar-refractivity contribution is 5.30. The summed E-state index contributed by atoms with van der Waals surface area (Å²) in [5.41, 5.74) is 2.21. The van der Waals surface area contributed by atoms with Gasteiger partial charge in [0.2, 0.25) is 5.88 Å². The normalized spacial score (nSPS) is 12.8. The summed E-state index contributed by atoms with van der Waals surface area (Å²) in [6.07, 6.45) is 3.75. The molecule has 4 nitrogen and oxygen atoms in total. The van der Waals surface area contributed by atoms with Crippen molar-refractivity contribution in [1.82, 2.24) is 15.1 Å². The average Bonchev–Trinajstić information content (AvgIpc) is 2.57. The van der Waals surface area contributed by atoms with Crippen LogP contribution in [0.5, 0.6) is 5.88 Å². The average molecular weight is 239 g/mol. The number of hydrogen-bond acceptors (Lipinski definition) is 3. The zero-order chi connectivity index (χ0) is 12.8. The van der Waals surface area contributed by atoms with Crippen LogP contribution in [0.2, 0.25) is 0 Å². The second-order valence-electron chi connectivity index (χ2n) is 4.62. The van der Waals surface area contributed by atoms with E-state index in [1.165, 1.54) is 24.8 Å². The fourth-order valence-electron chi connectivity index (χ4n) is 2.03. The van der Waals surface area contributed by atoms with E-state index in [9.17, 15) is 0 Å². The van der Waals surface area contributed by atoms with E-state index in [4.69, 9.17) is 4.74 Å². The Balaban J connectivity index is 2.56. The lowest BCUT2D eigenvalue weighted by Gasteiger charge is -2.13. The first-order valence-electron chi connectivity index (χ1n) is 6.40. The Morgan fingerprint density at radius 1 is 1.47 bits per heavy atom. The molecule has 0 aliphatic heterocycles. The van der Waals surface area contributed by atoms with Crippen LogP contribution in [0.3, 0.4) is 0 Å². The Kier molecular flexibility index (Phi) is 5.48. The molecule has 98 valence electrons. The highest BCUT2D eigenvalue weighted by Crippen LogP contribution is 2.20. The third-order valence-corrected chi connectivity index (χ3v) is 3.10. The summed E-state index contributed by atoms with van der Waals surface area (Å²) in [7, 11) is 3.61. The number of nitrogens with zero attached hydrogens (tertiary/aromatic N) is 2. The fraction of sp³-hybridized carbons (Fsp3) is 0.769. The highest BCUT2D eigenvalue weighted by Gasteiger charge is 2.14. The minimum absolute atomic E-state index is 0.541. The van der Waals surface area contributed by atoms with Crippen molar-refractivity contribution in [2.24, 2.45) is 7.05 Å². The van der Waals surface area contributed by atoms with Crippen LogP contribution >= 0.6 is 0 Å². The van der Waals surface area contributed by atoms with E-state index in [0.29, 0.717) is 6.04 Å². The van der Waals surface area contributed by atoms with E-state index in [1.807, 2.05) is 14.0 Å². The van der Waals surface area contributed by atoms with Crippen molar-refractivity contribution >= 4 is 0 Å². The van der Waals surface area contributed by atoms with Crippen molar-refractivity contribution in [2.45, 2.75) is 52.6 Å². The molecule has 0 aromatic carbocycles. The molecule has 1 aromatic heterocycles. The molecule has 0 amide bonds. The van der Waals surface area contributed by atoms with Gasteiger partial charge in [0.1, 0.15) is 0 Å². The van der Waals surface area contributed by atoms with Gasteiger partial charge >= 0.3 is 0 Å². The molecule has 0 saturated heterocycles. The number of aromatic nitrogens is 2. The van der Waals surface area contributed by atoms with Crippen molar-refractivity contribution in [3.63, 3.8) is 0 Å². The molecule has 1 heterocycles. The molecule has 0 fully saturated rings. The molecule has 1 rings (SSSR count). The lowest BCUT2D eigenvalue weighted by Crippen LogP contribution is -2.25. The minimum Gasteiger partial charge on any atom is -0.481 e. The predicted octanol–water partition coefficient (Wildman–Crippen LogP) is 2.41. The summed E-state index contributed by atoms with van der Waals surface area (Å²) in [4.78, 5) is 0. The Morgan fingerprint density at radius 2 is 2.18 bits per heavy atom. The van der Waals surface area contributed by atoms with E-state index in [2.05, 4.69) is 24.3 Å². The summed E-state index contributed by atoms with van der Waals surface area (Å²) >= 11 is 0. The molecule has 0 aliphatic rings. The second-order valence-corrected chi connectivity index (χ2v) is 4.62. The zero-order valence-electron chi connectivity index (χ0n) is 11.7. The smallest absolute Gasteiger partial charge is 0.216 e. The molecular formula is C13H25N3O. The van der Waals surface area contributed by atoms with E-state index in [1.54, 1.807) is 11.8 Å². The SMILES string of the molecule is CCCCC(C)NCc1c(C)nn(C)c1OC. The van der Waals surface area contributed by atoms with Crippen LogP contribution in [0, 0.1) is 6.92 Å². The summed E-state index contributed by atoms with van der Waals surface area (Å²) in [6.45, 7) is 7.30. The van der Waals surface area contributed by atoms with Gasteiger partial charge in [-0.15, -0.1) is 0 Å².